The van der Waals surface area contributed by atoms with Crippen molar-refractivity contribution in [2.45, 2.75) is 6.92 Å². The van der Waals surface area contributed by atoms with Crippen molar-refractivity contribution in [2.75, 3.05) is 0 Å². The van der Waals surface area contributed by atoms with Crippen LogP contribution in [-0.2, 0) is 0 Å². The molecule has 1 aliphatic heterocycles. The minimum atomic E-state index is 0.810. The lowest BCUT2D eigenvalue weighted by molar-refractivity contribution is 0.958. The number of nitrogens with zero attached hydrogens (tertiary/aromatic N) is 2. The predicted molar refractivity (Wildman–Crippen MR) is 32.3 cm³/mol. The SMILES string of the molecule is CC1=N[N]C(Br)=C1. The van der Waals surface area contributed by atoms with E-state index in [1.807, 2.05) is 13.0 Å². The molecule has 2 nitrogen and oxygen atoms in total. The third-order valence-corrected chi connectivity index (χ3v) is 1.02. The minimum absolute atomic E-state index is 0.810. The Labute approximate surface area is 50.4 Å². The monoisotopic (exact) mass is 159 g/mol. The van der Waals surface area contributed by atoms with Gasteiger partial charge in [-0.15, -0.1) is 5.43 Å². The van der Waals surface area contributed by atoms with Crippen molar-refractivity contribution in [3.63, 3.8) is 0 Å². The molecular formula is C4H4BrN2. The molecule has 0 aromatic carbocycles. The van der Waals surface area contributed by atoms with Gasteiger partial charge in [0.15, 0.2) is 0 Å². The van der Waals surface area contributed by atoms with Crippen LogP contribution in [-0.4, -0.2) is 5.71 Å². The molecule has 0 aliphatic carbocycles. The molecule has 1 heterocycles. The van der Waals surface area contributed by atoms with Crippen molar-refractivity contribution < 1.29 is 0 Å². The largest absolute Gasteiger partial charge is 0.155 e. The average molecular weight is 160 g/mol. The summed E-state index contributed by atoms with van der Waals surface area (Å²) in [5, 5.41) is 3.72. The molecule has 0 saturated carbocycles. The minimum Gasteiger partial charge on any atom is -0.155 e. The first-order chi connectivity index (χ1) is 3.29. The standard InChI is InChI=1S/C4H4BrN2/c1-3-2-4(5)7-6-3/h2H,1H3. The quantitative estimate of drug-likeness (QED) is 0.476. The summed E-state index contributed by atoms with van der Waals surface area (Å²) in [4.78, 5) is 0. The van der Waals surface area contributed by atoms with Crippen molar-refractivity contribution in [3.8, 4) is 0 Å². The van der Waals surface area contributed by atoms with Gasteiger partial charge in [-0.2, -0.15) is 5.10 Å². The number of allylic oxidation sites excluding steroid dienone is 1. The molecule has 0 saturated heterocycles. The fourth-order valence-electron chi connectivity index (χ4n) is 0.357. The molecule has 37 valence electrons. The van der Waals surface area contributed by atoms with E-state index in [0.29, 0.717) is 0 Å². The summed E-state index contributed by atoms with van der Waals surface area (Å²) in [7, 11) is 0. The number of rotatable bonds is 0. The van der Waals surface area contributed by atoms with Crippen LogP contribution in [0.1, 0.15) is 6.92 Å². The maximum absolute atomic E-state index is 3.72. The van der Waals surface area contributed by atoms with Crippen molar-refractivity contribution in [2.24, 2.45) is 5.10 Å². The molecule has 1 radical (unpaired) electrons. The Morgan fingerprint density at radius 3 is 2.57 bits per heavy atom. The van der Waals surface area contributed by atoms with Gasteiger partial charge in [-0.1, -0.05) is 0 Å². The second-order valence-electron chi connectivity index (χ2n) is 1.31. The Morgan fingerprint density at radius 2 is 2.43 bits per heavy atom. The summed E-state index contributed by atoms with van der Waals surface area (Å²) in [6.45, 7) is 1.90. The van der Waals surface area contributed by atoms with Gasteiger partial charge in [0.1, 0.15) is 4.61 Å². The summed E-state index contributed by atoms with van der Waals surface area (Å²) in [6, 6.07) is 0. The lowest BCUT2D eigenvalue weighted by Gasteiger charge is -1.76. The van der Waals surface area contributed by atoms with Gasteiger partial charge in [0.05, 0.1) is 5.71 Å². The predicted octanol–water partition coefficient (Wildman–Crippen LogP) is 1.22. The molecule has 0 unspecified atom stereocenters. The Bertz CT molecular complexity index is 137. The summed E-state index contributed by atoms with van der Waals surface area (Å²) < 4.78 is 0.810. The number of hydrogen-bond acceptors (Lipinski definition) is 1. The molecule has 0 aromatic rings. The highest BCUT2D eigenvalue weighted by atomic mass is 79.9. The lowest BCUT2D eigenvalue weighted by atomic mass is 10.4. The molecule has 0 amide bonds. The van der Waals surface area contributed by atoms with E-state index < -0.39 is 0 Å². The molecule has 0 bridgehead atoms. The zero-order valence-electron chi connectivity index (χ0n) is 3.85. The van der Waals surface area contributed by atoms with E-state index in [9.17, 15) is 0 Å². The zero-order valence-corrected chi connectivity index (χ0v) is 5.44. The van der Waals surface area contributed by atoms with Gasteiger partial charge in [-0.05, 0) is 28.9 Å². The molecule has 1 rings (SSSR count). The molecule has 0 spiro atoms. The van der Waals surface area contributed by atoms with Crippen LogP contribution < -0.4 is 5.43 Å². The Kier molecular flexibility index (Phi) is 1.15. The number of halogens is 1. The van der Waals surface area contributed by atoms with E-state index in [4.69, 9.17) is 0 Å². The first-order valence-corrected chi connectivity index (χ1v) is 2.71. The summed E-state index contributed by atoms with van der Waals surface area (Å²) in [5.74, 6) is 0. The second kappa shape index (κ2) is 1.66. The zero-order chi connectivity index (χ0) is 5.28. The third kappa shape index (κ3) is 1.03. The highest BCUT2D eigenvalue weighted by molar-refractivity contribution is 9.11. The maximum Gasteiger partial charge on any atom is 0.130 e. The summed E-state index contributed by atoms with van der Waals surface area (Å²) in [5.41, 5.74) is 4.63. The van der Waals surface area contributed by atoms with Crippen LogP contribution in [0, 0.1) is 0 Å². The van der Waals surface area contributed by atoms with Gasteiger partial charge in [-0.3, -0.25) is 0 Å². The van der Waals surface area contributed by atoms with Gasteiger partial charge < -0.3 is 0 Å². The van der Waals surface area contributed by atoms with Gasteiger partial charge in [0.2, 0.25) is 0 Å². The molecule has 3 heteroatoms. The molecule has 0 fully saturated rings. The van der Waals surface area contributed by atoms with Crippen molar-refractivity contribution in [1.29, 1.82) is 0 Å². The Hall–Kier alpha value is -0.310. The van der Waals surface area contributed by atoms with Crippen LogP contribution in [0.3, 0.4) is 0 Å². The Balaban J connectivity index is 2.69. The van der Waals surface area contributed by atoms with Gasteiger partial charge in [0.25, 0.3) is 0 Å². The topological polar surface area (TPSA) is 26.5 Å². The fourth-order valence-corrected chi connectivity index (χ4v) is 0.767. The van der Waals surface area contributed by atoms with E-state index in [2.05, 4.69) is 26.5 Å². The van der Waals surface area contributed by atoms with Gasteiger partial charge >= 0.3 is 0 Å². The molecule has 1 aliphatic rings. The van der Waals surface area contributed by atoms with Crippen molar-refractivity contribution in [3.05, 3.63) is 10.7 Å². The number of hydrogen-bond donors (Lipinski definition) is 0. The van der Waals surface area contributed by atoms with E-state index >= 15 is 0 Å². The maximum atomic E-state index is 3.72. The Morgan fingerprint density at radius 1 is 1.71 bits per heavy atom. The van der Waals surface area contributed by atoms with Crippen molar-refractivity contribution >= 4 is 21.6 Å². The molecule has 0 atom stereocenters. The molecule has 0 aromatic heterocycles. The van der Waals surface area contributed by atoms with E-state index in [-0.39, 0.29) is 0 Å². The third-order valence-electron chi connectivity index (χ3n) is 0.631. The highest BCUT2D eigenvalue weighted by Gasteiger charge is 1.99. The normalized spacial score (nSPS) is 18.0. The molecule has 7 heavy (non-hydrogen) atoms. The van der Waals surface area contributed by atoms with Gasteiger partial charge in [-0.25, -0.2) is 0 Å². The van der Waals surface area contributed by atoms with Crippen LogP contribution >= 0.6 is 15.9 Å². The van der Waals surface area contributed by atoms with Gasteiger partial charge in [0, 0.05) is 0 Å². The lowest BCUT2D eigenvalue weighted by Crippen LogP contribution is -1.79. The fraction of sp³-hybridized carbons (Fsp3) is 0.250. The first kappa shape index (κ1) is 4.84. The van der Waals surface area contributed by atoms with E-state index in [1.54, 1.807) is 0 Å². The smallest absolute Gasteiger partial charge is 0.130 e. The van der Waals surface area contributed by atoms with Crippen LogP contribution in [0.5, 0.6) is 0 Å². The van der Waals surface area contributed by atoms with Crippen LogP contribution in [0.25, 0.3) is 0 Å². The molecular weight excluding hydrogens is 156 g/mol. The first-order valence-electron chi connectivity index (χ1n) is 1.91. The van der Waals surface area contributed by atoms with E-state index in [1.165, 1.54) is 0 Å². The van der Waals surface area contributed by atoms with Crippen LogP contribution in [0.4, 0.5) is 0 Å². The van der Waals surface area contributed by atoms with Crippen molar-refractivity contribution in [1.82, 2.24) is 5.43 Å². The van der Waals surface area contributed by atoms with Crippen LogP contribution in [0.15, 0.2) is 15.8 Å². The average Bonchev–Trinajstić information content (AvgIpc) is 1.87. The second-order valence-corrected chi connectivity index (χ2v) is 2.12. The molecule has 0 N–H and O–H groups in total. The highest BCUT2D eigenvalue weighted by Crippen LogP contribution is 2.07. The summed E-state index contributed by atoms with van der Waals surface area (Å²) in [6.07, 6.45) is 1.86. The summed E-state index contributed by atoms with van der Waals surface area (Å²) >= 11 is 3.16. The van der Waals surface area contributed by atoms with Crippen LogP contribution in [0.2, 0.25) is 0 Å². The van der Waals surface area contributed by atoms with E-state index in [0.717, 1.165) is 10.3 Å².